The second-order valence-corrected chi connectivity index (χ2v) is 7.19. The van der Waals surface area contributed by atoms with Crippen molar-refractivity contribution in [3.05, 3.63) is 48.0 Å². The number of rotatable bonds is 5. The molecule has 2 aromatic carbocycles. The highest BCUT2D eigenvalue weighted by molar-refractivity contribution is 7.84. The first-order valence-corrected chi connectivity index (χ1v) is 9.85. The van der Waals surface area contributed by atoms with E-state index < -0.39 is 28.8 Å². The molecule has 27 heavy (non-hydrogen) atoms. The summed E-state index contributed by atoms with van der Waals surface area (Å²) in [6.45, 7) is 2.39. The molecule has 7 nitrogen and oxygen atoms in total. The molecule has 1 aliphatic heterocycles. The molecule has 0 saturated carbocycles. The van der Waals surface area contributed by atoms with Gasteiger partial charge in [0.2, 0.25) is 0 Å². The first-order valence-electron chi connectivity index (χ1n) is 8.29. The topological polar surface area (TPSA) is 90.9 Å². The largest absolute Gasteiger partial charge is 0.486 e. The van der Waals surface area contributed by atoms with E-state index in [2.05, 4.69) is 5.32 Å². The van der Waals surface area contributed by atoms with E-state index in [-0.39, 0.29) is 5.56 Å². The lowest BCUT2D eigenvalue weighted by Gasteiger charge is -2.19. The van der Waals surface area contributed by atoms with Gasteiger partial charge in [-0.2, -0.15) is 0 Å². The molecule has 0 saturated heterocycles. The van der Waals surface area contributed by atoms with E-state index in [1.54, 1.807) is 36.4 Å². The van der Waals surface area contributed by atoms with Gasteiger partial charge in [0, 0.05) is 18.0 Å². The number of carbonyl (C=O) groups excluding carboxylic acids is 2. The molecule has 3 rings (SSSR count). The van der Waals surface area contributed by atoms with Crippen molar-refractivity contribution in [2.45, 2.75) is 17.9 Å². The average Bonchev–Trinajstić information content (AvgIpc) is 2.67. The third kappa shape index (κ3) is 4.46. The van der Waals surface area contributed by atoms with E-state index in [9.17, 15) is 13.8 Å². The quantitative estimate of drug-likeness (QED) is 0.790. The second kappa shape index (κ2) is 8.22. The molecule has 0 fully saturated rings. The number of esters is 1. The highest BCUT2D eigenvalue weighted by Gasteiger charge is 2.22. The number of hydrogen-bond donors (Lipinski definition) is 1. The van der Waals surface area contributed by atoms with Crippen LogP contribution in [0.5, 0.6) is 11.5 Å². The zero-order valence-electron chi connectivity index (χ0n) is 14.9. The SMILES string of the molecule is C[C@H](OC(=O)c1ccccc1[S@@](C)=O)C(=O)Nc1ccc2c(c1)OCCO2. The van der Waals surface area contributed by atoms with Crippen LogP contribution in [0.2, 0.25) is 0 Å². The van der Waals surface area contributed by atoms with Gasteiger partial charge >= 0.3 is 5.97 Å². The molecular formula is C19H19NO6S. The molecule has 142 valence electrons. The maximum Gasteiger partial charge on any atom is 0.340 e. The standard InChI is InChI=1S/C19H19NO6S/c1-12(26-19(22)14-5-3-4-6-17(14)27(2)23)18(21)20-13-7-8-15-16(11-13)25-10-9-24-15/h3-8,11-12H,9-10H2,1-2H3,(H,20,21)/t12-,27+/m0/s1. The van der Waals surface area contributed by atoms with Crippen LogP contribution in [0.3, 0.4) is 0 Å². The van der Waals surface area contributed by atoms with Gasteiger partial charge in [-0.05, 0) is 31.2 Å². The lowest BCUT2D eigenvalue weighted by molar-refractivity contribution is -0.123. The highest BCUT2D eigenvalue weighted by Crippen LogP contribution is 2.32. The molecule has 0 bridgehead atoms. The lowest BCUT2D eigenvalue weighted by atomic mass is 10.2. The Hall–Kier alpha value is -2.87. The van der Waals surface area contributed by atoms with Crippen molar-refractivity contribution in [2.24, 2.45) is 0 Å². The fourth-order valence-corrected chi connectivity index (χ4v) is 3.26. The van der Waals surface area contributed by atoms with Gasteiger partial charge in [0.05, 0.1) is 21.3 Å². The van der Waals surface area contributed by atoms with Gasteiger partial charge in [-0.3, -0.25) is 9.00 Å². The Bertz CT molecular complexity index is 898. The van der Waals surface area contributed by atoms with Crippen LogP contribution < -0.4 is 14.8 Å². The summed E-state index contributed by atoms with van der Waals surface area (Å²) in [4.78, 5) is 25.1. The molecule has 2 aromatic rings. The number of amides is 1. The van der Waals surface area contributed by atoms with E-state index in [4.69, 9.17) is 14.2 Å². The highest BCUT2D eigenvalue weighted by atomic mass is 32.2. The van der Waals surface area contributed by atoms with Crippen LogP contribution in [0.25, 0.3) is 0 Å². The number of ether oxygens (including phenoxy) is 3. The zero-order valence-corrected chi connectivity index (χ0v) is 15.7. The Morgan fingerprint density at radius 2 is 1.81 bits per heavy atom. The minimum atomic E-state index is -1.35. The summed E-state index contributed by atoms with van der Waals surface area (Å²) in [6, 6.07) is 11.5. The van der Waals surface area contributed by atoms with Crippen LogP contribution in [-0.4, -0.2) is 41.7 Å². The van der Waals surface area contributed by atoms with Gasteiger partial charge in [0.25, 0.3) is 5.91 Å². The fraction of sp³-hybridized carbons (Fsp3) is 0.263. The third-order valence-corrected chi connectivity index (χ3v) is 4.85. The van der Waals surface area contributed by atoms with E-state index in [0.29, 0.717) is 35.3 Å². The van der Waals surface area contributed by atoms with Crippen molar-refractivity contribution < 1.29 is 28.0 Å². The lowest BCUT2D eigenvalue weighted by Crippen LogP contribution is -2.30. The summed E-state index contributed by atoms with van der Waals surface area (Å²) in [5.41, 5.74) is 0.680. The molecule has 2 atom stereocenters. The first kappa shape index (κ1) is 18.9. The van der Waals surface area contributed by atoms with Gasteiger partial charge in [-0.25, -0.2) is 4.79 Å². The van der Waals surface area contributed by atoms with Crippen molar-refractivity contribution in [3.8, 4) is 11.5 Å². The molecule has 1 heterocycles. The van der Waals surface area contributed by atoms with Crippen molar-refractivity contribution in [2.75, 3.05) is 24.8 Å². The molecular weight excluding hydrogens is 370 g/mol. The summed E-state index contributed by atoms with van der Waals surface area (Å²) in [6.07, 6.45) is 0.438. The molecule has 8 heteroatoms. The van der Waals surface area contributed by atoms with Crippen molar-refractivity contribution in [1.29, 1.82) is 0 Å². The van der Waals surface area contributed by atoms with E-state index >= 15 is 0 Å². The molecule has 1 aliphatic rings. The fourth-order valence-electron chi connectivity index (χ4n) is 2.53. The predicted molar refractivity (Wildman–Crippen MR) is 99.7 cm³/mol. The van der Waals surface area contributed by atoms with E-state index in [1.165, 1.54) is 19.2 Å². The number of fused-ring (bicyclic) bond motifs is 1. The zero-order chi connectivity index (χ0) is 19.4. The number of benzene rings is 2. The van der Waals surface area contributed by atoms with Crippen LogP contribution in [0, 0.1) is 0 Å². The molecule has 1 amide bonds. The molecule has 0 aromatic heterocycles. The molecule has 0 unspecified atom stereocenters. The monoisotopic (exact) mass is 389 g/mol. The van der Waals surface area contributed by atoms with Gasteiger partial charge < -0.3 is 19.5 Å². The smallest absolute Gasteiger partial charge is 0.340 e. The third-order valence-electron chi connectivity index (χ3n) is 3.88. The van der Waals surface area contributed by atoms with E-state index in [0.717, 1.165) is 0 Å². The minimum Gasteiger partial charge on any atom is -0.486 e. The second-order valence-electron chi connectivity index (χ2n) is 5.85. The molecule has 1 N–H and O–H groups in total. The van der Waals surface area contributed by atoms with Crippen LogP contribution >= 0.6 is 0 Å². The summed E-state index contributed by atoms with van der Waals surface area (Å²) in [5, 5.41) is 2.67. The summed E-state index contributed by atoms with van der Waals surface area (Å²) >= 11 is 0. The Balaban J connectivity index is 1.66. The Morgan fingerprint density at radius 1 is 1.11 bits per heavy atom. The molecule has 0 radical (unpaired) electrons. The first-order chi connectivity index (χ1) is 13.0. The van der Waals surface area contributed by atoms with Crippen molar-refractivity contribution in [3.63, 3.8) is 0 Å². The van der Waals surface area contributed by atoms with Crippen molar-refractivity contribution >= 4 is 28.4 Å². The predicted octanol–water partition coefficient (Wildman–Crippen LogP) is 2.38. The number of carbonyl (C=O) groups is 2. The summed E-state index contributed by atoms with van der Waals surface area (Å²) in [5.74, 6) is -0.0355. The van der Waals surface area contributed by atoms with Crippen LogP contribution in [-0.2, 0) is 20.3 Å². The van der Waals surface area contributed by atoms with Gasteiger partial charge in [-0.1, -0.05) is 12.1 Å². The molecule has 0 aliphatic carbocycles. The van der Waals surface area contributed by atoms with Gasteiger partial charge in [0.15, 0.2) is 17.6 Å². The normalized spacial score (nSPS) is 14.7. The number of nitrogens with one attached hydrogen (secondary N) is 1. The van der Waals surface area contributed by atoms with Crippen LogP contribution in [0.1, 0.15) is 17.3 Å². The Labute approximate surface area is 159 Å². The molecule has 0 spiro atoms. The van der Waals surface area contributed by atoms with Crippen molar-refractivity contribution in [1.82, 2.24) is 0 Å². The van der Waals surface area contributed by atoms with E-state index in [1.807, 2.05) is 0 Å². The van der Waals surface area contributed by atoms with Gasteiger partial charge in [0.1, 0.15) is 13.2 Å². The Morgan fingerprint density at radius 3 is 2.56 bits per heavy atom. The Kier molecular flexibility index (Phi) is 5.75. The maximum atomic E-state index is 12.4. The number of hydrogen-bond acceptors (Lipinski definition) is 6. The summed E-state index contributed by atoms with van der Waals surface area (Å²) < 4.78 is 27.9. The number of anilines is 1. The summed E-state index contributed by atoms with van der Waals surface area (Å²) in [7, 11) is -1.35. The minimum absolute atomic E-state index is 0.178. The van der Waals surface area contributed by atoms with Gasteiger partial charge in [-0.15, -0.1) is 0 Å². The van der Waals surface area contributed by atoms with Crippen LogP contribution in [0.15, 0.2) is 47.4 Å². The average molecular weight is 389 g/mol. The van der Waals surface area contributed by atoms with Crippen LogP contribution in [0.4, 0.5) is 5.69 Å². The maximum absolute atomic E-state index is 12.4.